The molecule has 6 nitrogen and oxygen atoms in total. The molecule has 0 radical (unpaired) electrons. The number of hydrogen-bond donors (Lipinski definition) is 3. The summed E-state index contributed by atoms with van der Waals surface area (Å²) >= 11 is 0. The van der Waals surface area contributed by atoms with Gasteiger partial charge < -0.3 is 20.9 Å². The van der Waals surface area contributed by atoms with E-state index >= 15 is 0 Å². The molecule has 3 N–H and O–H groups in total. The minimum atomic E-state index is -0.0660. The van der Waals surface area contributed by atoms with Gasteiger partial charge in [0.15, 0.2) is 0 Å². The van der Waals surface area contributed by atoms with Gasteiger partial charge in [0.2, 0.25) is 5.91 Å². The zero-order valence-electron chi connectivity index (χ0n) is 21.0. The molecule has 1 fully saturated rings. The summed E-state index contributed by atoms with van der Waals surface area (Å²) in [5, 5.41) is 9.04. The van der Waals surface area contributed by atoms with Gasteiger partial charge in [0.1, 0.15) is 0 Å². The molecule has 1 aromatic carbocycles. The Morgan fingerprint density at radius 2 is 1.80 bits per heavy atom. The van der Waals surface area contributed by atoms with E-state index in [1.807, 2.05) is 36.2 Å². The molecule has 6 heteroatoms. The number of hydrogen-bond acceptors (Lipinski definition) is 4. The number of nitrogens with one attached hydrogen (secondary N) is 3. The zero-order valence-corrected chi connectivity index (χ0v) is 21.0. The average molecular weight is 477 g/mol. The summed E-state index contributed by atoms with van der Waals surface area (Å²) in [5.74, 6) is 0.593. The number of allylic oxidation sites excluding steroid dienone is 3. The van der Waals surface area contributed by atoms with Gasteiger partial charge in [0, 0.05) is 37.4 Å². The molecule has 0 aromatic heterocycles. The van der Waals surface area contributed by atoms with Crippen LogP contribution in [0.5, 0.6) is 0 Å². The van der Waals surface area contributed by atoms with Crippen LogP contribution in [0.3, 0.4) is 0 Å². The third-order valence-electron chi connectivity index (χ3n) is 6.16. The lowest BCUT2D eigenvalue weighted by atomic mass is 9.90. The summed E-state index contributed by atoms with van der Waals surface area (Å²) in [6.07, 6.45) is 11.4. The Bertz CT molecular complexity index is 925. The van der Waals surface area contributed by atoms with Crippen molar-refractivity contribution < 1.29 is 9.59 Å². The van der Waals surface area contributed by atoms with E-state index in [0.717, 1.165) is 43.6 Å². The van der Waals surface area contributed by atoms with Crippen molar-refractivity contribution in [3.8, 4) is 0 Å². The van der Waals surface area contributed by atoms with E-state index in [1.165, 1.54) is 5.56 Å². The van der Waals surface area contributed by atoms with Crippen LogP contribution in [0.1, 0.15) is 31.2 Å². The van der Waals surface area contributed by atoms with Crippen molar-refractivity contribution in [1.29, 1.82) is 0 Å². The molecule has 0 spiro atoms. The molecule has 1 saturated heterocycles. The highest BCUT2D eigenvalue weighted by Crippen LogP contribution is 2.25. The minimum Gasteiger partial charge on any atom is -0.362 e. The van der Waals surface area contributed by atoms with E-state index in [-0.39, 0.29) is 18.2 Å². The monoisotopic (exact) mass is 476 g/mol. The fraction of sp³-hybridized carbons (Fsp3) is 0.379. The normalized spacial score (nSPS) is 15.9. The van der Waals surface area contributed by atoms with Gasteiger partial charge in [-0.05, 0) is 62.1 Å². The van der Waals surface area contributed by atoms with Crippen LogP contribution in [-0.4, -0.2) is 49.9 Å². The summed E-state index contributed by atoms with van der Waals surface area (Å²) in [4.78, 5) is 27.7. The Balaban J connectivity index is 0.00000210. The van der Waals surface area contributed by atoms with Crippen molar-refractivity contribution in [2.75, 3.05) is 33.2 Å². The number of amides is 2. The van der Waals surface area contributed by atoms with Crippen LogP contribution in [0, 0.1) is 5.92 Å². The lowest BCUT2D eigenvalue weighted by molar-refractivity contribution is -0.128. The maximum absolute atomic E-state index is 13.3. The first-order chi connectivity index (χ1) is 17.1. The lowest BCUT2D eigenvalue weighted by Gasteiger charge is -2.32. The van der Waals surface area contributed by atoms with Crippen LogP contribution >= 0.6 is 0 Å². The number of likely N-dealkylation sites (N-methyl/N-ethyl adjacent to an activating group) is 1. The van der Waals surface area contributed by atoms with E-state index in [4.69, 9.17) is 0 Å². The second kappa shape index (κ2) is 15.5. The van der Waals surface area contributed by atoms with Gasteiger partial charge in [-0.25, -0.2) is 0 Å². The molecule has 0 saturated carbocycles. The Kier molecular flexibility index (Phi) is 12.3. The van der Waals surface area contributed by atoms with Crippen LogP contribution in [0.2, 0.25) is 0 Å². The van der Waals surface area contributed by atoms with Gasteiger partial charge in [-0.3, -0.25) is 9.59 Å². The van der Waals surface area contributed by atoms with Gasteiger partial charge in [-0.1, -0.05) is 49.1 Å². The highest BCUT2D eigenvalue weighted by Gasteiger charge is 2.25. The molecule has 0 atom stereocenters. The number of carbonyl (C=O) groups is 2. The number of likely N-dealkylation sites (tertiary alicyclic amines) is 1. The van der Waals surface area contributed by atoms with E-state index in [2.05, 4.69) is 60.0 Å². The first kappa shape index (κ1) is 27.9. The highest BCUT2D eigenvalue weighted by atomic mass is 16.2. The number of piperidine rings is 1. The summed E-state index contributed by atoms with van der Waals surface area (Å²) in [7, 11) is 1.85. The quantitative estimate of drug-likeness (QED) is 0.354. The van der Waals surface area contributed by atoms with E-state index in [9.17, 15) is 9.59 Å². The number of nitrogens with zero attached hydrogens (tertiary/aromatic N) is 1. The first-order valence-corrected chi connectivity index (χ1v) is 12.3. The average Bonchev–Trinajstić information content (AvgIpc) is 3.08. The highest BCUT2D eigenvalue weighted by molar-refractivity contribution is 5.97. The smallest absolute Gasteiger partial charge is 0.253 e. The number of rotatable bonds is 10. The zero-order chi connectivity index (χ0) is 25.5. The second-order valence-corrected chi connectivity index (χ2v) is 8.59. The molecule has 2 aliphatic rings. The number of benzene rings is 1. The SMILES string of the molecule is C=C.C=CNC1=CCC=C(C(=O)N2CCC(Cc3ccccc3)CC2)C=C1CC(=O)NCCNC. The van der Waals surface area contributed by atoms with Crippen LogP contribution < -0.4 is 16.0 Å². The van der Waals surface area contributed by atoms with Crippen molar-refractivity contribution in [3.63, 3.8) is 0 Å². The van der Waals surface area contributed by atoms with Crippen LogP contribution in [0.4, 0.5) is 0 Å². The van der Waals surface area contributed by atoms with E-state index in [0.29, 0.717) is 31.0 Å². The largest absolute Gasteiger partial charge is 0.362 e. The van der Waals surface area contributed by atoms with Gasteiger partial charge in [-0.2, -0.15) is 0 Å². The molecule has 2 amide bonds. The summed E-state index contributed by atoms with van der Waals surface area (Å²) in [6.45, 7) is 12.6. The fourth-order valence-electron chi connectivity index (χ4n) is 4.35. The van der Waals surface area contributed by atoms with Crippen molar-refractivity contribution in [2.24, 2.45) is 5.92 Å². The van der Waals surface area contributed by atoms with Crippen LogP contribution in [0.15, 0.2) is 91.3 Å². The predicted molar refractivity (Wildman–Crippen MR) is 144 cm³/mol. The molecular formula is C29H40N4O2. The molecule has 1 aliphatic carbocycles. The predicted octanol–water partition coefficient (Wildman–Crippen LogP) is 3.87. The molecule has 3 rings (SSSR count). The Hall–Kier alpha value is -3.38. The summed E-state index contributed by atoms with van der Waals surface area (Å²) < 4.78 is 0. The summed E-state index contributed by atoms with van der Waals surface area (Å²) in [5.41, 5.74) is 3.65. The summed E-state index contributed by atoms with van der Waals surface area (Å²) in [6, 6.07) is 10.6. The van der Waals surface area contributed by atoms with E-state index < -0.39 is 0 Å². The third-order valence-corrected chi connectivity index (χ3v) is 6.16. The maximum atomic E-state index is 13.3. The lowest BCUT2D eigenvalue weighted by Crippen LogP contribution is -2.39. The number of carbonyl (C=O) groups excluding carboxylic acids is 2. The van der Waals surface area contributed by atoms with Gasteiger partial charge in [0.25, 0.3) is 5.91 Å². The minimum absolute atomic E-state index is 0.0505. The molecule has 0 bridgehead atoms. The van der Waals surface area contributed by atoms with Gasteiger partial charge in [0.05, 0.1) is 6.42 Å². The van der Waals surface area contributed by atoms with Crippen molar-refractivity contribution in [2.45, 2.75) is 32.1 Å². The van der Waals surface area contributed by atoms with Gasteiger partial charge in [-0.15, -0.1) is 13.2 Å². The van der Waals surface area contributed by atoms with Crippen molar-refractivity contribution >= 4 is 11.8 Å². The molecule has 0 unspecified atom stereocenters. The molecule has 35 heavy (non-hydrogen) atoms. The van der Waals surface area contributed by atoms with Crippen LogP contribution in [-0.2, 0) is 16.0 Å². The first-order valence-electron chi connectivity index (χ1n) is 12.3. The molecular weight excluding hydrogens is 436 g/mol. The van der Waals surface area contributed by atoms with Crippen molar-refractivity contribution in [1.82, 2.24) is 20.9 Å². The third kappa shape index (κ3) is 9.06. The molecule has 188 valence electrons. The second-order valence-electron chi connectivity index (χ2n) is 8.59. The molecule has 1 aromatic rings. The Morgan fingerprint density at radius 1 is 1.09 bits per heavy atom. The maximum Gasteiger partial charge on any atom is 0.253 e. The Morgan fingerprint density at radius 3 is 2.46 bits per heavy atom. The van der Waals surface area contributed by atoms with Gasteiger partial charge >= 0.3 is 0 Å². The Labute approximate surface area is 210 Å². The van der Waals surface area contributed by atoms with Crippen molar-refractivity contribution in [3.05, 3.63) is 96.9 Å². The van der Waals surface area contributed by atoms with E-state index in [1.54, 1.807) is 6.20 Å². The standard InChI is InChI=1S/C27H36N4O2.C2H4/c1-3-29-25-11-7-10-23(19-24(25)20-26(32)30-15-14-28-2)27(33)31-16-12-22(13-17-31)18-21-8-5-4-6-9-21;1-2/h3-6,8-11,19,22,28-29H,1,7,12-18,20H2,2H3,(H,30,32);1-2H2. The topological polar surface area (TPSA) is 73.5 Å². The fourth-order valence-corrected chi connectivity index (χ4v) is 4.35. The molecule has 1 heterocycles. The molecule has 1 aliphatic heterocycles. The van der Waals surface area contributed by atoms with Crippen LogP contribution in [0.25, 0.3) is 0 Å².